The number of hydrogen-bond donors (Lipinski definition) is 1. The number of fused-ring (bicyclic) bond motifs is 1. The monoisotopic (exact) mass is 542 g/mol. The number of pyridine rings is 1. The number of methoxy groups -OCH3 is 2. The highest BCUT2D eigenvalue weighted by Crippen LogP contribution is 2.28. The van der Waals surface area contributed by atoms with Crippen LogP contribution in [-0.2, 0) is 26.1 Å². The number of nitrogens with zero attached hydrogens (tertiary/aromatic N) is 5. The second kappa shape index (κ2) is 12.1. The van der Waals surface area contributed by atoms with Crippen LogP contribution in [0.4, 0.5) is 4.39 Å². The van der Waals surface area contributed by atoms with Crippen LogP contribution < -0.4 is 15.0 Å². The van der Waals surface area contributed by atoms with Gasteiger partial charge in [0.15, 0.2) is 17.3 Å². The van der Waals surface area contributed by atoms with Crippen LogP contribution in [-0.4, -0.2) is 50.9 Å². The number of rotatable bonds is 11. The van der Waals surface area contributed by atoms with E-state index >= 15 is 0 Å². The van der Waals surface area contributed by atoms with E-state index in [-0.39, 0.29) is 11.4 Å². The zero-order valence-electron chi connectivity index (χ0n) is 22.7. The molecule has 0 aliphatic heterocycles. The number of halogens is 1. The molecule has 206 valence electrons. The van der Waals surface area contributed by atoms with Gasteiger partial charge in [0, 0.05) is 24.2 Å². The molecule has 2 aromatic heterocycles. The van der Waals surface area contributed by atoms with Crippen LogP contribution in [0.3, 0.4) is 0 Å². The van der Waals surface area contributed by atoms with Crippen molar-refractivity contribution in [2.24, 2.45) is 0 Å². The first-order valence-electron chi connectivity index (χ1n) is 13.0. The van der Waals surface area contributed by atoms with Crippen molar-refractivity contribution in [2.75, 3.05) is 20.8 Å². The van der Waals surface area contributed by atoms with Gasteiger partial charge in [-0.1, -0.05) is 30.3 Å². The second-order valence-electron chi connectivity index (χ2n) is 9.74. The van der Waals surface area contributed by atoms with Gasteiger partial charge in [-0.15, -0.1) is 5.10 Å². The Balaban J connectivity index is 1.41. The van der Waals surface area contributed by atoms with E-state index in [2.05, 4.69) is 25.4 Å². The molecule has 0 saturated heterocycles. The largest absolute Gasteiger partial charge is 0.493 e. The summed E-state index contributed by atoms with van der Waals surface area (Å²) in [6, 6.07) is 20.1. The van der Waals surface area contributed by atoms with Crippen molar-refractivity contribution in [3.05, 3.63) is 111 Å². The van der Waals surface area contributed by atoms with Crippen LogP contribution in [0.15, 0.2) is 71.5 Å². The third kappa shape index (κ3) is 6.35. The Bertz CT molecular complexity index is 1660. The lowest BCUT2D eigenvalue weighted by molar-refractivity contribution is 0.247. The van der Waals surface area contributed by atoms with Crippen LogP contribution >= 0.6 is 0 Å². The van der Waals surface area contributed by atoms with Gasteiger partial charge in [0.05, 0.1) is 27.3 Å². The molecule has 0 saturated carbocycles. The van der Waals surface area contributed by atoms with E-state index in [9.17, 15) is 9.18 Å². The minimum atomic E-state index is -0.294. The van der Waals surface area contributed by atoms with E-state index in [1.54, 1.807) is 31.0 Å². The Labute approximate surface area is 231 Å². The quantitative estimate of drug-likeness (QED) is 0.266. The number of aromatic amines is 1. The Morgan fingerprint density at radius 3 is 2.48 bits per heavy atom. The molecule has 2 heterocycles. The molecule has 5 aromatic rings. The number of aromatic nitrogens is 5. The van der Waals surface area contributed by atoms with Crippen LogP contribution in [0.5, 0.6) is 11.5 Å². The maximum atomic E-state index is 13.4. The van der Waals surface area contributed by atoms with Crippen molar-refractivity contribution < 1.29 is 13.9 Å². The summed E-state index contributed by atoms with van der Waals surface area (Å²) in [4.78, 5) is 18.2. The van der Waals surface area contributed by atoms with Crippen molar-refractivity contribution in [1.29, 1.82) is 0 Å². The highest BCUT2D eigenvalue weighted by atomic mass is 19.1. The molecule has 3 aromatic carbocycles. The number of aryl methyl sites for hydroxylation is 1. The van der Waals surface area contributed by atoms with Gasteiger partial charge in [-0.3, -0.25) is 9.69 Å². The second-order valence-corrected chi connectivity index (χ2v) is 9.74. The van der Waals surface area contributed by atoms with Gasteiger partial charge in [0.1, 0.15) is 5.82 Å². The molecule has 0 bridgehead atoms. The maximum Gasteiger partial charge on any atom is 0.252 e. The van der Waals surface area contributed by atoms with Crippen molar-refractivity contribution in [3.63, 3.8) is 0 Å². The molecule has 0 spiro atoms. The van der Waals surface area contributed by atoms with Gasteiger partial charge < -0.3 is 14.5 Å². The van der Waals surface area contributed by atoms with Gasteiger partial charge in [-0.25, -0.2) is 9.07 Å². The molecule has 0 unspecified atom stereocenters. The molecule has 9 nitrogen and oxygen atoms in total. The van der Waals surface area contributed by atoms with Crippen molar-refractivity contribution >= 4 is 10.9 Å². The highest BCUT2D eigenvalue weighted by molar-refractivity contribution is 5.79. The standard InChI is InChI=1S/C30H31FN6O3/c1-20-4-8-23-16-24(30(38)32-26(23)14-20)18-36(13-12-21-7-11-27(39-2)28(15-21)40-3)19-29-33-34-35-37(29)17-22-5-9-25(31)10-6-22/h4-11,14-16H,12-13,17-19H2,1-3H3,(H,32,38). The molecule has 0 amide bonds. The summed E-state index contributed by atoms with van der Waals surface area (Å²) >= 11 is 0. The van der Waals surface area contributed by atoms with Gasteiger partial charge in [-0.05, 0) is 82.2 Å². The van der Waals surface area contributed by atoms with Crippen molar-refractivity contribution in [3.8, 4) is 11.5 Å². The molecule has 1 N–H and O–H groups in total. The van der Waals surface area contributed by atoms with Crippen molar-refractivity contribution in [1.82, 2.24) is 30.1 Å². The van der Waals surface area contributed by atoms with Crippen LogP contribution in [0.25, 0.3) is 10.9 Å². The average Bonchev–Trinajstić information content (AvgIpc) is 3.39. The Kier molecular flexibility index (Phi) is 8.16. The van der Waals surface area contributed by atoms with E-state index in [0.29, 0.717) is 55.5 Å². The minimum absolute atomic E-state index is 0.125. The lowest BCUT2D eigenvalue weighted by Crippen LogP contribution is -2.30. The number of tetrazole rings is 1. The fourth-order valence-electron chi connectivity index (χ4n) is 4.68. The van der Waals surface area contributed by atoms with E-state index in [4.69, 9.17) is 9.47 Å². The lowest BCUT2D eigenvalue weighted by Gasteiger charge is -2.22. The third-order valence-corrected chi connectivity index (χ3v) is 6.85. The molecule has 0 aliphatic carbocycles. The maximum absolute atomic E-state index is 13.4. The molecule has 10 heteroatoms. The molecule has 0 radical (unpaired) electrons. The topological polar surface area (TPSA) is 98.2 Å². The van der Waals surface area contributed by atoms with E-state index in [1.807, 2.05) is 49.4 Å². The SMILES string of the molecule is COc1ccc(CCN(Cc2cc3ccc(C)cc3[nH]c2=O)Cc2nnnn2Cc2ccc(F)cc2)cc1OC. The van der Waals surface area contributed by atoms with E-state index in [0.717, 1.165) is 27.6 Å². The number of H-pyrrole nitrogens is 1. The van der Waals surface area contributed by atoms with E-state index < -0.39 is 0 Å². The summed E-state index contributed by atoms with van der Waals surface area (Å²) in [6.45, 7) is 3.84. The van der Waals surface area contributed by atoms with Crippen LogP contribution in [0.2, 0.25) is 0 Å². The Hall–Kier alpha value is -4.57. The summed E-state index contributed by atoms with van der Waals surface area (Å²) in [5.74, 6) is 1.68. The number of benzene rings is 3. The third-order valence-electron chi connectivity index (χ3n) is 6.85. The molecule has 5 rings (SSSR count). The predicted molar refractivity (Wildman–Crippen MR) is 150 cm³/mol. The molecule has 40 heavy (non-hydrogen) atoms. The minimum Gasteiger partial charge on any atom is -0.493 e. The van der Waals surface area contributed by atoms with Crippen LogP contribution in [0.1, 0.15) is 28.1 Å². The summed E-state index contributed by atoms with van der Waals surface area (Å²) in [5.41, 5.74) is 4.38. The molecule has 0 atom stereocenters. The first-order valence-corrected chi connectivity index (χ1v) is 13.0. The Morgan fingerprint density at radius 2 is 1.70 bits per heavy atom. The van der Waals surface area contributed by atoms with Gasteiger partial charge >= 0.3 is 0 Å². The number of nitrogens with one attached hydrogen (secondary N) is 1. The summed E-state index contributed by atoms with van der Waals surface area (Å²) in [7, 11) is 3.22. The summed E-state index contributed by atoms with van der Waals surface area (Å²) in [6.07, 6.45) is 0.699. The van der Waals surface area contributed by atoms with E-state index in [1.165, 1.54) is 12.1 Å². The zero-order chi connectivity index (χ0) is 28.1. The first-order chi connectivity index (χ1) is 19.4. The summed E-state index contributed by atoms with van der Waals surface area (Å²) < 4.78 is 25.9. The number of ether oxygens (including phenoxy) is 2. The summed E-state index contributed by atoms with van der Waals surface area (Å²) in [5, 5.41) is 13.3. The normalized spacial score (nSPS) is 11.3. The first kappa shape index (κ1) is 27.0. The molecule has 0 aliphatic rings. The Morgan fingerprint density at radius 1 is 0.925 bits per heavy atom. The lowest BCUT2D eigenvalue weighted by atomic mass is 10.1. The fourth-order valence-corrected chi connectivity index (χ4v) is 4.68. The molecule has 0 fully saturated rings. The van der Waals surface area contributed by atoms with Gasteiger partial charge in [0.2, 0.25) is 0 Å². The zero-order valence-corrected chi connectivity index (χ0v) is 22.7. The van der Waals surface area contributed by atoms with Crippen molar-refractivity contribution in [2.45, 2.75) is 33.0 Å². The van der Waals surface area contributed by atoms with Gasteiger partial charge in [0.25, 0.3) is 5.56 Å². The smallest absolute Gasteiger partial charge is 0.252 e. The highest BCUT2D eigenvalue weighted by Gasteiger charge is 2.16. The van der Waals surface area contributed by atoms with Crippen LogP contribution in [0, 0.1) is 12.7 Å². The molecular weight excluding hydrogens is 511 g/mol. The average molecular weight is 543 g/mol. The molecular formula is C30H31FN6O3. The predicted octanol–water partition coefficient (Wildman–Crippen LogP) is 4.27. The number of hydrogen-bond acceptors (Lipinski definition) is 7. The van der Waals surface area contributed by atoms with Gasteiger partial charge in [-0.2, -0.15) is 0 Å². The fraction of sp³-hybridized carbons (Fsp3) is 0.267.